The highest BCUT2D eigenvalue weighted by Gasteiger charge is 2.25. The second-order valence-corrected chi connectivity index (χ2v) is 5.80. The van der Waals surface area contributed by atoms with Crippen molar-refractivity contribution in [3.8, 4) is 0 Å². The molecule has 2 rings (SSSR count). The smallest absolute Gasteiger partial charge is 0.124 e. The average molecular weight is 253 g/mol. The molecule has 0 spiro atoms. The standard InChI is InChI=1S/C14H20FNS/c1-2-16-13(8-11-6-7-11)10-17-14-5-3-4-12(15)9-14/h3-5,9,11,13,16H,2,6-8,10H2,1H3. The molecule has 1 fully saturated rings. The van der Waals surface area contributed by atoms with Crippen LogP contribution in [0.5, 0.6) is 0 Å². The Labute approximate surface area is 107 Å². The minimum Gasteiger partial charge on any atom is -0.313 e. The van der Waals surface area contributed by atoms with Crippen LogP contribution in [0.2, 0.25) is 0 Å². The summed E-state index contributed by atoms with van der Waals surface area (Å²) in [4.78, 5) is 1.03. The molecule has 1 unspecified atom stereocenters. The highest BCUT2D eigenvalue weighted by molar-refractivity contribution is 7.99. The molecule has 1 N–H and O–H groups in total. The van der Waals surface area contributed by atoms with Gasteiger partial charge in [-0.15, -0.1) is 11.8 Å². The van der Waals surface area contributed by atoms with Gasteiger partial charge in [0.05, 0.1) is 0 Å². The summed E-state index contributed by atoms with van der Waals surface area (Å²) in [5.74, 6) is 1.83. The third-order valence-electron chi connectivity index (χ3n) is 3.05. The molecule has 3 heteroatoms. The van der Waals surface area contributed by atoms with Gasteiger partial charge in [-0.1, -0.05) is 25.8 Å². The summed E-state index contributed by atoms with van der Waals surface area (Å²) < 4.78 is 13.0. The van der Waals surface area contributed by atoms with Gasteiger partial charge in [-0.3, -0.25) is 0 Å². The SMILES string of the molecule is CCNC(CSc1cccc(F)c1)CC1CC1. The highest BCUT2D eigenvalue weighted by Crippen LogP contribution is 2.34. The minimum absolute atomic E-state index is 0.141. The van der Waals surface area contributed by atoms with Crippen molar-refractivity contribution in [3.05, 3.63) is 30.1 Å². The second-order valence-electron chi connectivity index (χ2n) is 4.70. The molecule has 1 nitrogen and oxygen atoms in total. The van der Waals surface area contributed by atoms with Crippen molar-refractivity contribution in [2.75, 3.05) is 12.3 Å². The number of thioether (sulfide) groups is 1. The fourth-order valence-electron chi connectivity index (χ4n) is 2.01. The van der Waals surface area contributed by atoms with Crippen molar-refractivity contribution >= 4 is 11.8 Å². The molecule has 17 heavy (non-hydrogen) atoms. The molecule has 0 amide bonds. The molecule has 1 aliphatic rings. The predicted molar refractivity (Wildman–Crippen MR) is 71.9 cm³/mol. The number of hydrogen-bond acceptors (Lipinski definition) is 2. The van der Waals surface area contributed by atoms with Crippen LogP contribution >= 0.6 is 11.8 Å². The van der Waals surface area contributed by atoms with Gasteiger partial charge in [-0.2, -0.15) is 0 Å². The number of nitrogens with one attached hydrogen (secondary N) is 1. The van der Waals surface area contributed by atoms with Gasteiger partial charge in [0.2, 0.25) is 0 Å². The molecule has 1 aliphatic carbocycles. The highest BCUT2D eigenvalue weighted by atomic mass is 32.2. The average Bonchev–Trinajstić information content (AvgIpc) is 3.10. The number of halogens is 1. The lowest BCUT2D eigenvalue weighted by Crippen LogP contribution is -2.31. The monoisotopic (exact) mass is 253 g/mol. The molecule has 1 aromatic carbocycles. The van der Waals surface area contributed by atoms with E-state index in [0.717, 1.165) is 23.1 Å². The van der Waals surface area contributed by atoms with Gasteiger partial charge >= 0.3 is 0 Å². The molecular weight excluding hydrogens is 233 g/mol. The fraction of sp³-hybridized carbons (Fsp3) is 0.571. The van der Waals surface area contributed by atoms with Gasteiger partial charge in [0.15, 0.2) is 0 Å². The van der Waals surface area contributed by atoms with Crippen LogP contribution in [0.3, 0.4) is 0 Å². The van der Waals surface area contributed by atoms with Gasteiger partial charge in [0.1, 0.15) is 5.82 Å². The molecule has 1 saturated carbocycles. The second kappa shape index (κ2) is 6.41. The van der Waals surface area contributed by atoms with E-state index in [1.807, 2.05) is 6.07 Å². The lowest BCUT2D eigenvalue weighted by Gasteiger charge is -2.17. The minimum atomic E-state index is -0.141. The van der Waals surface area contributed by atoms with Crippen LogP contribution in [0.25, 0.3) is 0 Å². The molecule has 0 aromatic heterocycles. The largest absolute Gasteiger partial charge is 0.313 e. The van der Waals surface area contributed by atoms with Crippen molar-refractivity contribution in [1.82, 2.24) is 5.32 Å². The van der Waals surface area contributed by atoms with E-state index in [2.05, 4.69) is 12.2 Å². The van der Waals surface area contributed by atoms with Gasteiger partial charge < -0.3 is 5.32 Å². The summed E-state index contributed by atoms with van der Waals surface area (Å²) in [5, 5.41) is 3.52. The lowest BCUT2D eigenvalue weighted by atomic mass is 10.1. The van der Waals surface area contributed by atoms with Crippen LogP contribution in [-0.4, -0.2) is 18.3 Å². The Morgan fingerprint density at radius 3 is 2.94 bits per heavy atom. The quantitative estimate of drug-likeness (QED) is 0.744. The van der Waals surface area contributed by atoms with Crippen molar-refractivity contribution in [2.45, 2.75) is 37.1 Å². The van der Waals surface area contributed by atoms with E-state index in [0.29, 0.717) is 6.04 Å². The summed E-state index contributed by atoms with van der Waals surface area (Å²) in [5.41, 5.74) is 0. The van der Waals surface area contributed by atoms with Crippen molar-refractivity contribution < 1.29 is 4.39 Å². The van der Waals surface area contributed by atoms with E-state index in [-0.39, 0.29) is 5.82 Å². The summed E-state index contributed by atoms with van der Waals surface area (Å²) in [6.45, 7) is 3.16. The topological polar surface area (TPSA) is 12.0 Å². The number of rotatable bonds is 7. The Hall–Kier alpha value is -0.540. The first-order valence-electron chi connectivity index (χ1n) is 6.39. The van der Waals surface area contributed by atoms with Crippen LogP contribution in [0.1, 0.15) is 26.2 Å². The van der Waals surface area contributed by atoms with Gasteiger partial charge in [0, 0.05) is 16.7 Å². The summed E-state index contributed by atoms with van der Waals surface area (Å²) in [7, 11) is 0. The Morgan fingerprint density at radius 1 is 1.47 bits per heavy atom. The number of hydrogen-bond donors (Lipinski definition) is 1. The number of benzene rings is 1. The van der Waals surface area contributed by atoms with E-state index in [1.165, 1.54) is 25.3 Å². The van der Waals surface area contributed by atoms with E-state index >= 15 is 0 Å². The molecular formula is C14H20FNS. The van der Waals surface area contributed by atoms with Crippen molar-refractivity contribution in [1.29, 1.82) is 0 Å². The maximum absolute atomic E-state index is 13.0. The first-order valence-corrected chi connectivity index (χ1v) is 7.38. The Kier molecular flexibility index (Phi) is 4.86. The van der Waals surface area contributed by atoms with E-state index in [1.54, 1.807) is 23.9 Å². The maximum Gasteiger partial charge on any atom is 0.124 e. The van der Waals surface area contributed by atoms with Crippen LogP contribution in [0.4, 0.5) is 4.39 Å². The molecule has 1 aromatic rings. The van der Waals surface area contributed by atoms with Crippen LogP contribution in [0.15, 0.2) is 29.2 Å². The molecule has 0 saturated heterocycles. The molecule has 0 heterocycles. The fourth-order valence-corrected chi connectivity index (χ4v) is 3.03. The Morgan fingerprint density at radius 2 is 2.29 bits per heavy atom. The Bertz CT molecular complexity index is 352. The van der Waals surface area contributed by atoms with E-state index < -0.39 is 0 Å². The third kappa shape index (κ3) is 4.68. The Balaban J connectivity index is 1.80. The summed E-state index contributed by atoms with van der Waals surface area (Å²) >= 11 is 1.75. The lowest BCUT2D eigenvalue weighted by molar-refractivity contribution is 0.508. The molecule has 0 bridgehead atoms. The first kappa shape index (κ1) is 12.9. The molecule has 94 valence electrons. The van der Waals surface area contributed by atoms with Crippen molar-refractivity contribution in [2.24, 2.45) is 5.92 Å². The van der Waals surface area contributed by atoms with E-state index in [9.17, 15) is 4.39 Å². The van der Waals surface area contributed by atoms with E-state index in [4.69, 9.17) is 0 Å². The zero-order valence-electron chi connectivity index (χ0n) is 10.3. The van der Waals surface area contributed by atoms with Gasteiger partial charge in [-0.25, -0.2) is 4.39 Å². The van der Waals surface area contributed by atoms with Gasteiger partial charge in [0.25, 0.3) is 0 Å². The molecule has 1 atom stereocenters. The van der Waals surface area contributed by atoms with Crippen LogP contribution in [0, 0.1) is 11.7 Å². The molecule has 0 aliphatic heterocycles. The third-order valence-corrected chi connectivity index (χ3v) is 4.21. The molecule has 0 radical (unpaired) electrons. The van der Waals surface area contributed by atoms with Crippen LogP contribution in [-0.2, 0) is 0 Å². The zero-order chi connectivity index (χ0) is 12.1. The predicted octanol–water partition coefficient (Wildman–Crippen LogP) is 3.70. The van der Waals surface area contributed by atoms with Crippen molar-refractivity contribution in [3.63, 3.8) is 0 Å². The summed E-state index contributed by atoms with van der Waals surface area (Å²) in [6, 6.07) is 7.44. The van der Waals surface area contributed by atoms with Gasteiger partial charge in [-0.05, 0) is 37.1 Å². The first-order chi connectivity index (χ1) is 8.28. The zero-order valence-corrected chi connectivity index (χ0v) is 11.1. The maximum atomic E-state index is 13.0. The summed E-state index contributed by atoms with van der Waals surface area (Å²) in [6.07, 6.45) is 4.06. The van der Waals surface area contributed by atoms with Crippen LogP contribution < -0.4 is 5.32 Å². The normalized spacial score (nSPS) is 17.1.